The van der Waals surface area contributed by atoms with E-state index in [1.807, 2.05) is 13.8 Å². The summed E-state index contributed by atoms with van der Waals surface area (Å²) >= 11 is 0. The summed E-state index contributed by atoms with van der Waals surface area (Å²) < 4.78 is 23.1. The van der Waals surface area contributed by atoms with Crippen LogP contribution in [0.1, 0.15) is 26.7 Å². The molecule has 0 bridgehead atoms. The zero-order valence-corrected chi connectivity index (χ0v) is 11.2. The van der Waals surface area contributed by atoms with E-state index in [1.54, 1.807) is 4.90 Å². The zero-order valence-electron chi connectivity index (χ0n) is 10.4. The summed E-state index contributed by atoms with van der Waals surface area (Å²) in [5.74, 6) is -0.491. The molecule has 17 heavy (non-hydrogen) atoms. The Morgan fingerprint density at radius 2 is 2.06 bits per heavy atom. The molecule has 0 aromatic heterocycles. The largest absolute Gasteiger partial charge is 0.480 e. The Bertz CT molecular complexity index is 366. The quantitative estimate of drug-likeness (QED) is 0.760. The van der Waals surface area contributed by atoms with Crippen molar-refractivity contribution >= 4 is 15.8 Å². The molecule has 1 aliphatic heterocycles. The number of sulfone groups is 1. The molecule has 6 heteroatoms. The van der Waals surface area contributed by atoms with Gasteiger partial charge in [0, 0.05) is 12.3 Å². The van der Waals surface area contributed by atoms with Crippen molar-refractivity contribution < 1.29 is 18.3 Å². The van der Waals surface area contributed by atoms with Crippen molar-refractivity contribution in [1.82, 2.24) is 4.90 Å². The lowest BCUT2D eigenvalue weighted by molar-refractivity contribution is -0.143. The molecule has 0 spiro atoms. The molecule has 1 N–H and O–H groups in total. The van der Waals surface area contributed by atoms with Crippen LogP contribution in [0.25, 0.3) is 0 Å². The van der Waals surface area contributed by atoms with Crippen molar-refractivity contribution in [3.8, 4) is 0 Å². The van der Waals surface area contributed by atoms with Crippen LogP contribution < -0.4 is 0 Å². The first-order chi connectivity index (χ1) is 7.87. The molecular weight excluding hydrogens is 242 g/mol. The van der Waals surface area contributed by atoms with Crippen LogP contribution in [-0.4, -0.2) is 55.0 Å². The van der Waals surface area contributed by atoms with Gasteiger partial charge in [0.2, 0.25) is 0 Å². The Kier molecular flexibility index (Phi) is 4.94. The van der Waals surface area contributed by atoms with Gasteiger partial charge in [0.05, 0.1) is 5.75 Å². The first-order valence-corrected chi connectivity index (χ1v) is 7.87. The van der Waals surface area contributed by atoms with E-state index >= 15 is 0 Å². The van der Waals surface area contributed by atoms with E-state index in [2.05, 4.69) is 0 Å². The molecule has 0 aromatic rings. The van der Waals surface area contributed by atoms with Crippen molar-refractivity contribution in [2.75, 3.05) is 24.6 Å². The summed E-state index contributed by atoms with van der Waals surface area (Å²) in [6.45, 7) is 4.75. The minimum atomic E-state index is -3.02. The van der Waals surface area contributed by atoms with E-state index in [-0.39, 0.29) is 17.4 Å². The molecule has 1 heterocycles. The van der Waals surface area contributed by atoms with E-state index < -0.39 is 21.8 Å². The van der Waals surface area contributed by atoms with Crippen molar-refractivity contribution in [1.29, 1.82) is 0 Å². The third kappa shape index (κ3) is 3.96. The molecule has 1 rings (SSSR count). The molecule has 2 atom stereocenters. The van der Waals surface area contributed by atoms with Crippen LogP contribution in [0, 0.1) is 5.92 Å². The predicted octanol–water partition coefficient (Wildman–Crippen LogP) is 0.606. The van der Waals surface area contributed by atoms with Crippen molar-refractivity contribution in [2.45, 2.75) is 32.7 Å². The van der Waals surface area contributed by atoms with Gasteiger partial charge in [0.1, 0.15) is 6.04 Å². The van der Waals surface area contributed by atoms with Crippen LogP contribution >= 0.6 is 0 Å². The fraction of sp³-hybridized carbons (Fsp3) is 0.909. The Hall–Kier alpha value is -0.620. The average molecular weight is 263 g/mol. The van der Waals surface area contributed by atoms with Crippen molar-refractivity contribution in [3.63, 3.8) is 0 Å². The molecule has 1 saturated heterocycles. The van der Waals surface area contributed by atoms with Gasteiger partial charge in [-0.2, -0.15) is 0 Å². The number of hydrogen-bond donors (Lipinski definition) is 1. The van der Waals surface area contributed by atoms with Gasteiger partial charge in [-0.3, -0.25) is 9.69 Å². The molecule has 2 unspecified atom stereocenters. The van der Waals surface area contributed by atoms with E-state index in [1.165, 1.54) is 0 Å². The summed E-state index contributed by atoms with van der Waals surface area (Å²) in [6, 6.07) is -0.521. The zero-order chi connectivity index (χ0) is 13.1. The number of aliphatic carboxylic acids is 1. The lowest BCUT2D eigenvalue weighted by atomic mass is 10.0. The number of hydrogen-bond acceptors (Lipinski definition) is 4. The molecule has 0 radical (unpaired) electrons. The fourth-order valence-corrected chi connectivity index (χ4v) is 3.68. The SMILES string of the molecule is CCCS(=O)(=O)CCN1CCC(C)C1C(=O)O. The minimum absolute atomic E-state index is 0.0668. The first-order valence-electron chi connectivity index (χ1n) is 6.04. The average Bonchev–Trinajstić information content (AvgIpc) is 2.57. The molecule has 0 amide bonds. The van der Waals surface area contributed by atoms with Crippen LogP contribution in [0.2, 0.25) is 0 Å². The van der Waals surface area contributed by atoms with E-state index in [0.717, 1.165) is 6.42 Å². The Balaban J connectivity index is 2.55. The highest BCUT2D eigenvalue weighted by Crippen LogP contribution is 2.23. The predicted molar refractivity (Wildman–Crippen MR) is 65.7 cm³/mol. The highest BCUT2D eigenvalue weighted by atomic mass is 32.2. The first kappa shape index (κ1) is 14.4. The maximum atomic E-state index is 11.6. The van der Waals surface area contributed by atoms with Gasteiger partial charge in [-0.1, -0.05) is 13.8 Å². The Labute approximate surface area is 103 Å². The van der Waals surface area contributed by atoms with Crippen LogP contribution in [0.4, 0.5) is 0 Å². The maximum Gasteiger partial charge on any atom is 0.321 e. The summed E-state index contributed by atoms with van der Waals surface area (Å²) in [5.41, 5.74) is 0. The van der Waals surface area contributed by atoms with Gasteiger partial charge < -0.3 is 5.11 Å². The van der Waals surface area contributed by atoms with Crippen LogP contribution in [-0.2, 0) is 14.6 Å². The Morgan fingerprint density at radius 3 is 2.59 bits per heavy atom. The summed E-state index contributed by atoms with van der Waals surface area (Å²) in [6.07, 6.45) is 1.44. The summed E-state index contributed by atoms with van der Waals surface area (Å²) in [4.78, 5) is 12.9. The van der Waals surface area contributed by atoms with Gasteiger partial charge in [0.15, 0.2) is 9.84 Å². The molecule has 0 aromatic carbocycles. The number of carboxylic acid groups (broad SMARTS) is 1. The fourth-order valence-electron chi connectivity index (χ4n) is 2.35. The number of carbonyl (C=O) groups is 1. The second-order valence-corrected chi connectivity index (χ2v) is 7.04. The second kappa shape index (κ2) is 5.82. The number of nitrogens with zero attached hydrogens (tertiary/aromatic N) is 1. The normalized spacial score (nSPS) is 26.2. The number of carboxylic acids is 1. The van der Waals surface area contributed by atoms with Crippen LogP contribution in [0.15, 0.2) is 0 Å². The summed E-state index contributed by atoms with van der Waals surface area (Å²) in [5, 5.41) is 9.10. The van der Waals surface area contributed by atoms with E-state index in [9.17, 15) is 13.2 Å². The maximum absolute atomic E-state index is 11.6. The standard InChI is InChI=1S/C11H21NO4S/c1-3-7-17(15,16)8-6-12-5-4-9(2)10(12)11(13)14/h9-10H,3-8H2,1-2H3,(H,13,14). The highest BCUT2D eigenvalue weighted by molar-refractivity contribution is 7.91. The monoisotopic (exact) mass is 263 g/mol. The Morgan fingerprint density at radius 1 is 1.41 bits per heavy atom. The highest BCUT2D eigenvalue weighted by Gasteiger charge is 2.36. The van der Waals surface area contributed by atoms with Crippen LogP contribution in [0.3, 0.4) is 0 Å². The molecule has 5 nitrogen and oxygen atoms in total. The van der Waals surface area contributed by atoms with Gasteiger partial charge >= 0.3 is 5.97 Å². The molecule has 100 valence electrons. The van der Waals surface area contributed by atoms with Gasteiger partial charge in [-0.25, -0.2) is 8.42 Å². The molecule has 0 aliphatic carbocycles. The molecule has 1 fully saturated rings. The third-order valence-electron chi connectivity index (χ3n) is 3.26. The number of rotatable bonds is 6. The second-order valence-electron chi connectivity index (χ2n) is 4.74. The lowest BCUT2D eigenvalue weighted by Crippen LogP contribution is -2.41. The van der Waals surface area contributed by atoms with Gasteiger partial charge in [-0.15, -0.1) is 0 Å². The minimum Gasteiger partial charge on any atom is -0.480 e. The third-order valence-corrected chi connectivity index (χ3v) is 5.10. The van der Waals surface area contributed by atoms with Crippen LogP contribution in [0.5, 0.6) is 0 Å². The smallest absolute Gasteiger partial charge is 0.321 e. The van der Waals surface area contributed by atoms with E-state index in [4.69, 9.17) is 5.11 Å². The van der Waals surface area contributed by atoms with Gasteiger partial charge in [0.25, 0.3) is 0 Å². The van der Waals surface area contributed by atoms with Crippen molar-refractivity contribution in [2.24, 2.45) is 5.92 Å². The molecule has 1 aliphatic rings. The topological polar surface area (TPSA) is 74.7 Å². The lowest BCUT2D eigenvalue weighted by Gasteiger charge is -2.22. The van der Waals surface area contributed by atoms with Gasteiger partial charge in [-0.05, 0) is 25.3 Å². The molecular formula is C11H21NO4S. The number of likely N-dealkylation sites (tertiary alicyclic amines) is 1. The van der Waals surface area contributed by atoms with Crippen molar-refractivity contribution in [3.05, 3.63) is 0 Å². The molecule has 0 saturated carbocycles. The summed E-state index contributed by atoms with van der Waals surface area (Å²) in [7, 11) is -3.02. The van der Waals surface area contributed by atoms with E-state index in [0.29, 0.717) is 19.5 Å².